The first-order chi connectivity index (χ1) is 10.8. The van der Waals surface area contributed by atoms with E-state index in [-0.39, 0.29) is 29.4 Å². The van der Waals surface area contributed by atoms with E-state index in [2.05, 4.69) is 0 Å². The van der Waals surface area contributed by atoms with E-state index in [9.17, 15) is 14.4 Å². The average Bonchev–Trinajstić information content (AvgIpc) is 2.52. The predicted octanol–water partition coefficient (Wildman–Crippen LogP) is 3.34. The second-order valence-corrected chi connectivity index (χ2v) is 6.54. The van der Waals surface area contributed by atoms with Gasteiger partial charge in [0.15, 0.2) is 0 Å². The Morgan fingerprint density at radius 3 is 1.87 bits per heavy atom. The van der Waals surface area contributed by atoms with E-state index in [4.69, 9.17) is 4.74 Å². The van der Waals surface area contributed by atoms with Crippen LogP contribution in [0.3, 0.4) is 0 Å². The summed E-state index contributed by atoms with van der Waals surface area (Å²) in [7, 11) is 1.38. The fourth-order valence-electron chi connectivity index (χ4n) is 3.60. The van der Waals surface area contributed by atoms with E-state index in [0.717, 1.165) is 16.7 Å². The predicted molar refractivity (Wildman–Crippen MR) is 87.5 cm³/mol. The normalized spacial score (nSPS) is 20.9. The van der Waals surface area contributed by atoms with Gasteiger partial charge in [-0.1, -0.05) is 17.7 Å². The second-order valence-electron chi connectivity index (χ2n) is 6.54. The summed E-state index contributed by atoms with van der Waals surface area (Å²) >= 11 is 0. The number of ketones is 2. The Balaban J connectivity index is 2.10. The Bertz CT molecular complexity index is 614. The van der Waals surface area contributed by atoms with Crippen LogP contribution in [0.15, 0.2) is 12.1 Å². The molecule has 0 bridgehead atoms. The summed E-state index contributed by atoms with van der Waals surface area (Å²) in [5, 5.41) is 0. The minimum absolute atomic E-state index is 0.137. The molecule has 0 spiro atoms. The van der Waals surface area contributed by atoms with Gasteiger partial charge in [-0.15, -0.1) is 0 Å². The smallest absolute Gasteiger partial charge is 0.308 e. The van der Waals surface area contributed by atoms with Crippen LogP contribution in [0.5, 0.6) is 0 Å². The molecule has 0 aliphatic heterocycles. The molecule has 1 saturated carbocycles. The van der Waals surface area contributed by atoms with E-state index in [0.29, 0.717) is 31.2 Å². The van der Waals surface area contributed by atoms with Gasteiger partial charge in [-0.25, -0.2) is 0 Å². The van der Waals surface area contributed by atoms with Crippen molar-refractivity contribution in [3.63, 3.8) is 0 Å². The van der Waals surface area contributed by atoms with Gasteiger partial charge in [0.1, 0.15) is 0 Å². The molecule has 0 saturated heterocycles. The van der Waals surface area contributed by atoms with Crippen LogP contribution in [0, 0.1) is 32.6 Å². The van der Waals surface area contributed by atoms with Crippen molar-refractivity contribution in [3.8, 4) is 0 Å². The summed E-state index contributed by atoms with van der Waals surface area (Å²) < 4.78 is 4.75. The lowest BCUT2D eigenvalue weighted by Crippen LogP contribution is -2.31. The van der Waals surface area contributed by atoms with Gasteiger partial charge in [0.2, 0.25) is 11.6 Å². The van der Waals surface area contributed by atoms with Crippen molar-refractivity contribution in [3.05, 3.63) is 34.4 Å². The fourth-order valence-corrected chi connectivity index (χ4v) is 3.60. The molecule has 0 unspecified atom stereocenters. The minimum atomic E-state index is -0.387. The van der Waals surface area contributed by atoms with Crippen LogP contribution in [0.4, 0.5) is 0 Å². The first-order valence-electron chi connectivity index (χ1n) is 8.09. The van der Waals surface area contributed by atoms with Gasteiger partial charge in [0, 0.05) is 11.5 Å². The van der Waals surface area contributed by atoms with Crippen LogP contribution in [-0.2, 0) is 14.3 Å². The van der Waals surface area contributed by atoms with Crippen molar-refractivity contribution in [1.29, 1.82) is 0 Å². The van der Waals surface area contributed by atoms with Gasteiger partial charge in [-0.2, -0.15) is 0 Å². The molecule has 1 aliphatic carbocycles. The first kappa shape index (κ1) is 17.4. The van der Waals surface area contributed by atoms with Gasteiger partial charge in [-0.05, 0) is 57.6 Å². The Labute approximate surface area is 137 Å². The standard InChI is InChI=1S/C19H24O4/c1-11-9-12(2)16(13(3)10-11)18(21)17(20)14-5-7-15(8-6-14)19(22)23-4/h9-10,14-15H,5-8H2,1-4H3. The lowest BCUT2D eigenvalue weighted by Gasteiger charge is -2.25. The summed E-state index contributed by atoms with van der Waals surface area (Å²) in [5.41, 5.74) is 3.33. The molecule has 2 rings (SSSR count). The molecule has 23 heavy (non-hydrogen) atoms. The van der Waals surface area contributed by atoms with Gasteiger partial charge in [-0.3, -0.25) is 14.4 Å². The second kappa shape index (κ2) is 7.07. The highest BCUT2D eigenvalue weighted by Crippen LogP contribution is 2.31. The molecule has 0 amide bonds. The van der Waals surface area contributed by atoms with Gasteiger partial charge in [0.25, 0.3) is 0 Å². The van der Waals surface area contributed by atoms with Crippen molar-refractivity contribution < 1.29 is 19.1 Å². The highest BCUT2D eigenvalue weighted by atomic mass is 16.5. The SMILES string of the molecule is COC(=O)C1CCC(C(=O)C(=O)c2c(C)cc(C)cc2C)CC1. The highest BCUT2D eigenvalue weighted by molar-refractivity contribution is 6.45. The Morgan fingerprint density at radius 2 is 1.39 bits per heavy atom. The minimum Gasteiger partial charge on any atom is -0.469 e. The quantitative estimate of drug-likeness (QED) is 0.485. The van der Waals surface area contributed by atoms with E-state index in [1.807, 2.05) is 32.9 Å². The zero-order valence-corrected chi connectivity index (χ0v) is 14.3. The lowest BCUT2D eigenvalue weighted by molar-refractivity contribution is -0.147. The summed E-state index contributed by atoms with van der Waals surface area (Å²) in [5.74, 6) is -1.33. The van der Waals surface area contributed by atoms with E-state index < -0.39 is 0 Å². The molecular weight excluding hydrogens is 292 g/mol. The molecule has 0 heterocycles. The molecule has 0 aromatic heterocycles. The fraction of sp³-hybridized carbons (Fsp3) is 0.526. The van der Waals surface area contributed by atoms with Crippen LogP contribution < -0.4 is 0 Å². The lowest BCUT2D eigenvalue weighted by atomic mass is 9.78. The Hall–Kier alpha value is -1.97. The zero-order valence-electron chi connectivity index (χ0n) is 14.3. The maximum absolute atomic E-state index is 12.6. The topological polar surface area (TPSA) is 60.4 Å². The first-order valence-corrected chi connectivity index (χ1v) is 8.09. The molecule has 1 aromatic rings. The summed E-state index contributed by atoms with van der Waals surface area (Å²) in [6.07, 6.45) is 2.38. The van der Waals surface area contributed by atoms with Crippen LogP contribution in [-0.4, -0.2) is 24.6 Å². The third-order valence-electron chi connectivity index (χ3n) is 4.76. The van der Waals surface area contributed by atoms with Crippen LogP contribution in [0.25, 0.3) is 0 Å². The number of hydrogen-bond donors (Lipinski definition) is 0. The van der Waals surface area contributed by atoms with Crippen molar-refractivity contribution >= 4 is 17.5 Å². The van der Waals surface area contributed by atoms with Crippen LogP contribution in [0.1, 0.15) is 52.7 Å². The summed E-state index contributed by atoms with van der Waals surface area (Å²) in [6.45, 7) is 5.72. The van der Waals surface area contributed by atoms with Crippen LogP contribution in [0.2, 0.25) is 0 Å². The van der Waals surface area contributed by atoms with Crippen LogP contribution >= 0.6 is 0 Å². The molecule has 0 N–H and O–H groups in total. The number of methoxy groups -OCH3 is 1. The third kappa shape index (κ3) is 3.69. The van der Waals surface area contributed by atoms with E-state index in [1.54, 1.807) is 0 Å². The highest BCUT2D eigenvalue weighted by Gasteiger charge is 2.34. The van der Waals surface area contributed by atoms with Crippen molar-refractivity contribution in [2.75, 3.05) is 7.11 Å². The molecular formula is C19H24O4. The largest absolute Gasteiger partial charge is 0.469 e. The molecule has 0 atom stereocenters. The Morgan fingerprint density at radius 1 is 0.913 bits per heavy atom. The van der Waals surface area contributed by atoms with E-state index in [1.165, 1.54) is 7.11 Å². The molecule has 124 valence electrons. The number of carbonyl (C=O) groups excluding carboxylic acids is 3. The molecule has 1 aromatic carbocycles. The molecule has 4 heteroatoms. The zero-order chi connectivity index (χ0) is 17.1. The number of esters is 1. The van der Waals surface area contributed by atoms with E-state index >= 15 is 0 Å². The number of aryl methyl sites for hydroxylation is 3. The van der Waals surface area contributed by atoms with Crippen molar-refractivity contribution in [2.24, 2.45) is 11.8 Å². The summed E-state index contributed by atoms with van der Waals surface area (Å²) in [4.78, 5) is 36.7. The van der Waals surface area contributed by atoms with Gasteiger partial charge < -0.3 is 4.74 Å². The molecule has 1 fully saturated rings. The summed E-state index contributed by atoms with van der Waals surface area (Å²) in [6, 6.07) is 3.86. The Kier molecular flexibility index (Phi) is 5.34. The monoisotopic (exact) mass is 316 g/mol. The van der Waals surface area contributed by atoms with Crippen molar-refractivity contribution in [2.45, 2.75) is 46.5 Å². The maximum Gasteiger partial charge on any atom is 0.308 e. The molecule has 0 radical (unpaired) electrons. The molecule has 1 aliphatic rings. The van der Waals surface area contributed by atoms with Gasteiger partial charge >= 0.3 is 5.97 Å². The number of rotatable bonds is 4. The number of ether oxygens (including phenoxy) is 1. The number of benzene rings is 1. The number of Topliss-reactive ketones (excluding diaryl/α,β-unsaturated/α-hetero) is 2. The van der Waals surface area contributed by atoms with Gasteiger partial charge in [0.05, 0.1) is 13.0 Å². The number of hydrogen-bond acceptors (Lipinski definition) is 4. The van der Waals surface area contributed by atoms with Crippen molar-refractivity contribution in [1.82, 2.24) is 0 Å². The maximum atomic E-state index is 12.6. The average molecular weight is 316 g/mol. The number of carbonyl (C=O) groups is 3. The third-order valence-corrected chi connectivity index (χ3v) is 4.76. The molecule has 4 nitrogen and oxygen atoms in total.